The number of carbonyl (C=O) groups excluding carboxylic acids is 2. The topological polar surface area (TPSA) is 87.5 Å². The maximum absolute atomic E-state index is 14.1. The Morgan fingerprint density at radius 1 is 1.43 bits per heavy atom. The average molecular weight is 320 g/mol. The molecule has 2 aliphatic rings. The minimum atomic E-state index is -0.590. The predicted molar refractivity (Wildman–Crippen MR) is 84.8 cm³/mol. The number of rotatable bonds is 4. The molecular weight excluding hydrogens is 299 g/mol. The number of nitrogens with one attached hydrogen (secondary N) is 2. The molecule has 3 rings (SSSR count). The first-order valence-corrected chi connectivity index (χ1v) is 7.96. The molecule has 0 radical (unpaired) electrons. The van der Waals surface area contributed by atoms with Gasteiger partial charge in [0.05, 0.1) is 5.56 Å². The fourth-order valence-electron chi connectivity index (χ4n) is 3.33. The van der Waals surface area contributed by atoms with Crippen molar-refractivity contribution in [1.29, 1.82) is 0 Å². The first-order chi connectivity index (χ1) is 11.1. The molecule has 1 aromatic rings. The summed E-state index contributed by atoms with van der Waals surface area (Å²) in [6.45, 7) is 1.56. The Morgan fingerprint density at radius 3 is 2.96 bits per heavy atom. The molecule has 0 aromatic heterocycles. The number of hydrogen-bond donors (Lipinski definition) is 3. The van der Waals surface area contributed by atoms with Crippen LogP contribution in [0, 0.1) is 11.7 Å². The number of benzene rings is 1. The van der Waals surface area contributed by atoms with Crippen LogP contribution in [0.1, 0.15) is 29.6 Å². The van der Waals surface area contributed by atoms with Crippen molar-refractivity contribution in [3.8, 4) is 0 Å². The van der Waals surface area contributed by atoms with Crippen LogP contribution in [0.25, 0.3) is 0 Å². The number of hydrogen-bond acceptors (Lipinski definition) is 3. The van der Waals surface area contributed by atoms with Crippen LogP contribution in [0.15, 0.2) is 18.2 Å². The first-order valence-electron chi connectivity index (χ1n) is 7.96. The predicted octanol–water partition coefficient (Wildman–Crippen LogP) is 1.21. The fraction of sp³-hybridized carbons (Fsp3) is 0.500. The van der Waals surface area contributed by atoms with Crippen molar-refractivity contribution in [2.45, 2.75) is 25.3 Å². The number of nitrogens with two attached hydrogens (primary N) is 1. The molecule has 1 aromatic carbocycles. The zero-order valence-corrected chi connectivity index (χ0v) is 12.8. The molecule has 1 aliphatic heterocycles. The number of halogens is 1. The highest BCUT2D eigenvalue weighted by atomic mass is 19.1. The van der Waals surface area contributed by atoms with Gasteiger partial charge in [-0.25, -0.2) is 9.18 Å². The summed E-state index contributed by atoms with van der Waals surface area (Å²) < 4.78 is 14.1. The van der Waals surface area contributed by atoms with Crippen LogP contribution >= 0.6 is 0 Å². The summed E-state index contributed by atoms with van der Waals surface area (Å²) >= 11 is 0. The Hall–Kier alpha value is -2.15. The van der Waals surface area contributed by atoms with Gasteiger partial charge in [0.2, 0.25) is 0 Å². The summed E-state index contributed by atoms with van der Waals surface area (Å²) in [6.07, 6.45) is 2.87. The van der Waals surface area contributed by atoms with Crippen LogP contribution in [0.3, 0.4) is 0 Å². The molecule has 0 spiro atoms. The molecule has 23 heavy (non-hydrogen) atoms. The molecule has 1 saturated heterocycles. The molecule has 1 heterocycles. The van der Waals surface area contributed by atoms with Gasteiger partial charge in [-0.15, -0.1) is 0 Å². The normalized spacial score (nSPS) is 23.9. The minimum absolute atomic E-state index is 0.00867. The molecule has 0 unspecified atom stereocenters. The van der Waals surface area contributed by atoms with Crippen molar-refractivity contribution in [2.75, 3.05) is 24.5 Å². The van der Waals surface area contributed by atoms with E-state index < -0.39 is 11.7 Å². The Kier molecular flexibility index (Phi) is 4.47. The van der Waals surface area contributed by atoms with Crippen LogP contribution in [0.5, 0.6) is 0 Å². The van der Waals surface area contributed by atoms with Crippen LogP contribution in [-0.2, 0) is 0 Å². The third-order valence-electron chi connectivity index (χ3n) is 4.64. The molecule has 2 fully saturated rings. The largest absolute Gasteiger partial charge is 0.349 e. The van der Waals surface area contributed by atoms with E-state index in [0.29, 0.717) is 25.3 Å². The lowest BCUT2D eigenvalue weighted by Crippen LogP contribution is -2.40. The summed E-state index contributed by atoms with van der Waals surface area (Å²) in [5, 5.41) is 5.57. The van der Waals surface area contributed by atoms with Crippen molar-refractivity contribution >= 4 is 17.6 Å². The highest BCUT2D eigenvalue weighted by Crippen LogP contribution is 2.26. The highest BCUT2D eigenvalue weighted by Gasteiger charge is 2.29. The van der Waals surface area contributed by atoms with Crippen molar-refractivity contribution in [3.63, 3.8) is 0 Å². The molecule has 124 valence electrons. The van der Waals surface area contributed by atoms with Gasteiger partial charge in [0.1, 0.15) is 5.82 Å². The van der Waals surface area contributed by atoms with E-state index in [1.54, 1.807) is 0 Å². The average Bonchev–Trinajstić information content (AvgIpc) is 3.16. The second-order valence-electron chi connectivity index (χ2n) is 6.05. The number of carbonyl (C=O) groups is 2. The van der Waals surface area contributed by atoms with Gasteiger partial charge in [0.15, 0.2) is 0 Å². The van der Waals surface area contributed by atoms with Crippen molar-refractivity contribution in [2.24, 2.45) is 11.7 Å². The lowest BCUT2D eigenvalue weighted by atomic mass is 10.0. The molecule has 1 aliphatic carbocycles. The van der Waals surface area contributed by atoms with Gasteiger partial charge >= 0.3 is 6.03 Å². The summed E-state index contributed by atoms with van der Waals surface area (Å²) in [5.74, 6) is -0.794. The second-order valence-corrected chi connectivity index (χ2v) is 6.05. The number of nitrogens with zero attached hydrogens (tertiary/aromatic N) is 1. The van der Waals surface area contributed by atoms with E-state index in [0.717, 1.165) is 19.3 Å². The van der Waals surface area contributed by atoms with Gasteiger partial charge < -0.3 is 16.4 Å². The van der Waals surface area contributed by atoms with Gasteiger partial charge in [-0.1, -0.05) is 6.42 Å². The van der Waals surface area contributed by atoms with Gasteiger partial charge in [-0.05, 0) is 43.5 Å². The van der Waals surface area contributed by atoms with Gasteiger partial charge in [0, 0.05) is 24.8 Å². The molecule has 7 heteroatoms. The maximum Gasteiger partial charge on any atom is 0.321 e. The van der Waals surface area contributed by atoms with E-state index in [-0.39, 0.29) is 23.6 Å². The van der Waals surface area contributed by atoms with E-state index in [2.05, 4.69) is 10.6 Å². The Labute approximate surface area is 134 Å². The smallest absolute Gasteiger partial charge is 0.321 e. The molecular formula is C16H21FN4O2. The van der Waals surface area contributed by atoms with Gasteiger partial charge in [-0.3, -0.25) is 9.69 Å². The molecule has 2 atom stereocenters. The molecule has 3 amide bonds. The molecule has 4 N–H and O–H groups in total. The van der Waals surface area contributed by atoms with Crippen LogP contribution in [-0.4, -0.2) is 37.6 Å². The highest BCUT2D eigenvalue weighted by molar-refractivity contribution is 5.98. The Morgan fingerprint density at radius 2 is 2.26 bits per heavy atom. The summed E-state index contributed by atoms with van der Waals surface area (Å²) in [5.41, 5.74) is 6.20. The van der Waals surface area contributed by atoms with E-state index in [1.807, 2.05) is 0 Å². The van der Waals surface area contributed by atoms with Crippen molar-refractivity contribution < 1.29 is 14.0 Å². The Bertz CT molecular complexity index is 622. The van der Waals surface area contributed by atoms with Crippen molar-refractivity contribution in [3.05, 3.63) is 29.6 Å². The Balaban J connectivity index is 1.78. The van der Waals surface area contributed by atoms with Gasteiger partial charge in [-0.2, -0.15) is 0 Å². The number of amides is 3. The standard InChI is InChI=1S/C16H21FN4O2/c17-13-5-4-11(21-7-6-19-16(21)23)8-12(13)15(22)20-14-3-1-2-10(14)9-18/h4-5,8,10,14H,1-3,6-7,9,18H2,(H,19,23)(H,20,22)/t10-,14+/m1/s1. The lowest BCUT2D eigenvalue weighted by molar-refractivity contribution is 0.0924. The van der Waals surface area contributed by atoms with E-state index in [1.165, 1.54) is 23.1 Å². The van der Waals surface area contributed by atoms with E-state index >= 15 is 0 Å². The fourth-order valence-corrected chi connectivity index (χ4v) is 3.33. The van der Waals surface area contributed by atoms with E-state index in [9.17, 15) is 14.0 Å². The van der Waals surface area contributed by atoms with Crippen LogP contribution < -0.4 is 21.3 Å². The van der Waals surface area contributed by atoms with E-state index in [4.69, 9.17) is 5.73 Å². The molecule has 0 bridgehead atoms. The molecule has 1 saturated carbocycles. The number of urea groups is 1. The molecule has 6 nitrogen and oxygen atoms in total. The van der Waals surface area contributed by atoms with Crippen molar-refractivity contribution in [1.82, 2.24) is 10.6 Å². The zero-order valence-electron chi connectivity index (χ0n) is 12.8. The first kappa shape index (κ1) is 15.7. The summed E-state index contributed by atoms with van der Waals surface area (Å²) in [4.78, 5) is 25.6. The van der Waals surface area contributed by atoms with Crippen LogP contribution in [0.4, 0.5) is 14.9 Å². The lowest BCUT2D eigenvalue weighted by Gasteiger charge is -2.20. The zero-order chi connectivity index (χ0) is 16.4. The quantitative estimate of drug-likeness (QED) is 0.779. The SMILES string of the molecule is NC[C@H]1CCC[C@@H]1NC(=O)c1cc(N2CCNC2=O)ccc1F. The third-order valence-corrected chi connectivity index (χ3v) is 4.64. The second kappa shape index (κ2) is 6.54. The number of anilines is 1. The van der Waals surface area contributed by atoms with Crippen LogP contribution in [0.2, 0.25) is 0 Å². The monoisotopic (exact) mass is 320 g/mol. The summed E-state index contributed by atoms with van der Waals surface area (Å²) in [6, 6.07) is 3.93. The maximum atomic E-state index is 14.1. The van der Waals surface area contributed by atoms with Gasteiger partial charge in [0.25, 0.3) is 5.91 Å². The third kappa shape index (κ3) is 3.14. The minimum Gasteiger partial charge on any atom is -0.349 e. The summed E-state index contributed by atoms with van der Waals surface area (Å²) in [7, 11) is 0.